The molecule has 25 heteroatoms. The number of carbonyl (C=O) groups is 5. The first-order valence-corrected chi connectivity index (χ1v) is 47.0. The molecule has 0 aliphatic carbocycles. The highest BCUT2D eigenvalue weighted by Gasteiger charge is 2.60. The minimum absolute atomic E-state index is 0.0147. The lowest BCUT2D eigenvalue weighted by Gasteiger charge is -2.51. The van der Waals surface area contributed by atoms with E-state index in [0.29, 0.717) is 11.1 Å². The molecule has 140 heavy (non-hydrogen) atoms. The van der Waals surface area contributed by atoms with Crippen LogP contribution in [-0.4, -0.2) is 178 Å². The zero-order valence-corrected chi connectivity index (χ0v) is 77.1. The third kappa shape index (κ3) is 27.3. The Balaban J connectivity index is 0.818. The molecule has 1 amide bonds. The number of benzene rings is 13. The highest BCUT2D eigenvalue weighted by atomic mass is 16.8. The Bertz CT molecular complexity index is 5900. The molecule has 4 aliphatic rings. The molecule has 4 fully saturated rings. The summed E-state index contributed by atoms with van der Waals surface area (Å²) in [6, 6.07) is 118. The first kappa shape index (κ1) is 98.1. The smallest absolute Gasteiger partial charge is 0.410 e. The van der Waals surface area contributed by atoms with Crippen molar-refractivity contribution in [3.63, 3.8) is 0 Å². The lowest BCUT2D eigenvalue weighted by Crippen LogP contribution is -2.68. The summed E-state index contributed by atoms with van der Waals surface area (Å²) in [7, 11) is 0. The van der Waals surface area contributed by atoms with Gasteiger partial charge in [-0.3, -0.25) is 4.90 Å². The third-order valence-corrected chi connectivity index (χ3v) is 24.4. The maximum absolute atomic E-state index is 15.4. The highest BCUT2D eigenvalue weighted by Crippen LogP contribution is 2.42. The van der Waals surface area contributed by atoms with Gasteiger partial charge in [0.15, 0.2) is 37.2 Å². The quantitative estimate of drug-likeness (QED) is 0.0254. The van der Waals surface area contributed by atoms with E-state index in [1.807, 2.05) is 273 Å². The standard InChI is InChI=1S/C115H111NO24/c117-108(89-58-32-10-33-59-89)130-79-97-101(135-109(118)90-60-34-11-35-61-90)104(136-110(119)91-62-36-12-37-63-91)107(137-111(120)92-64-38-13-39-65-92)114(134-97)140-100-96(78-124-69-82-44-18-3-19-45-82)133-113(106(129-74-87-54-28-8-29-55-87)103(100)127-72-85-50-24-6-25-51-85)139-99-95(77-123-68-81-42-16-2-17-43-81)132-112(105(128-73-86-52-26-7-27-53-86)102(99)126-71-84-48-22-5-23-49-84)138-98-93(76-122-67-80-40-14-1-15-41-80)116(115(121)131-75-88-56-30-9-31-57-88)66-94(98)125-70-83-46-20-4-21-47-83/h1-65,93-107,112-114H,66-79H2/t93-,94-,95+,96+,97+,98+,99-,100+,101+,102-,103-,104-,105+,106+,107+,112+,113-,114-/m0/s1. The zero-order chi connectivity index (χ0) is 95.7. The Morgan fingerprint density at radius 1 is 0.229 bits per heavy atom. The molecule has 18 atom stereocenters. The number of likely N-dealkylation sites (tertiary alicyclic amines) is 1. The summed E-state index contributed by atoms with van der Waals surface area (Å²) in [5.41, 5.74) is 7.48. The first-order chi connectivity index (χ1) is 69.0. The van der Waals surface area contributed by atoms with E-state index in [2.05, 4.69) is 0 Å². The molecule has 0 aromatic heterocycles. The van der Waals surface area contributed by atoms with E-state index in [1.54, 1.807) is 89.8 Å². The average molecular weight is 1890 g/mol. The van der Waals surface area contributed by atoms with Gasteiger partial charge in [-0.25, -0.2) is 24.0 Å². The lowest BCUT2D eigenvalue weighted by atomic mass is 9.94. The minimum atomic E-state index is -1.96. The molecule has 4 saturated heterocycles. The van der Waals surface area contributed by atoms with Gasteiger partial charge in [0.1, 0.15) is 80.4 Å². The Morgan fingerprint density at radius 2 is 0.486 bits per heavy atom. The van der Waals surface area contributed by atoms with Crippen molar-refractivity contribution in [1.82, 2.24) is 4.90 Å². The van der Waals surface area contributed by atoms with Crippen LogP contribution in [0.5, 0.6) is 0 Å². The van der Waals surface area contributed by atoms with Crippen LogP contribution in [0.4, 0.5) is 4.79 Å². The van der Waals surface area contributed by atoms with E-state index in [9.17, 15) is 4.79 Å². The summed E-state index contributed by atoms with van der Waals surface area (Å²) >= 11 is 0. The van der Waals surface area contributed by atoms with E-state index in [-0.39, 0.29) is 108 Å². The first-order valence-electron chi connectivity index (χ1n) is 47.0. The predicted octanol–water partition coefficient (Wildman–Crippen LogP) is 18.4. The van der Waals surface area contributed by atoms with Crippen molar-refractivity contribution < 1.29 is 114 Å². The topological polar surface area (TPSA) is 264 Å². The Labute approximate surface area is 813 Å². The van der Waals surface area contributed by atoms with Crippen LogP contribution in [-0.2, 0) is 149 Å². The molecule has 13 aromatic rings. The second-order valence-electron chi connectivity index (χ2n) is 34.2. The van der Waals surface area contributed by atoms with Crippen molar-refractivity contribution in [1.29, 1.82) is 0 Å². The molecule has 17 rings (SSSR count). The van der Waals surface area contributed by atoms with E-state index < -0.39 is 147 Å². The maximum Gasteiger partial charge on any atom is 0.410 e. The number of nitrogens with zero attached hydrogens (tertiary/aromatic N) is 1. The van der Waals surface area contributed by atoms with E-state index in [0.717, 1.165) is 38.9 Å². The van der Waals surface area contributed by atoms with Crippen molar-refractivity contribution in [3.8, 4) is 0 Å². The fraction of sp³-hybridized carbons (Fsp3) is 0.278. The number of hydrogen-bond acceptors (Lipinski definition) is 24. The summed E-state index contributed by atoms with van der Waals surface area (Å²) in [5, 5.41) is 0. The maximum atomic E-state index is 15.4. The summed E-state index contributed by atoms with van der Waals surface area (Å²) in [6.45, 7) is -1.34. The second kappa shape index (κ2) is 50.9. The molecular formula is C115H111NO24. The summed E-state index contributed by atoms with van der Waals surface area (Å²) < 4.78 is 137. The summed E-state index contributed by atoms with van der Waals surface area (Å²) in [6.07, 6.45) is -25.9. The van der Waals surface area contributed by atoms with Gasteiger partial charge >= 0.3 is 30.0 Å². The molecule has 720 valence electrons. The van der Waals surface area contributed by atoms with E-state index in [1.165, 1.54) is 36.4 Å². The molecule has 0 unspecified atom stereocenters. The molecular weight excluding hydrogens is 1780 g/mol. The third-order valence-electron chi connectivity index (χ3n) is 24.4. The fourth-order valence-corrected chi connectivity index (χ4v) is 17.2. The molecule has 0 spiro atoms. The SMILES string of the molecule is O=C(OC[C@H]1O[C@@H](O[C@H]2[C@H](OCc3ccccc3)[C@@H](OCc3ccccc3)[C@H](O[C@@H]3[C@H](OCc4ccccc4)[C@@H](OCc4ccccc4)[C@@H](O[C@H]4[C@@H](OCc5ccccc5)CN(C(=O)OCc5ccccc5)[C@H]4COCc4ccccc4)O[C@@H]3COCc3ccccc3)O[C@@H]2COCc2ccccc2)[C@H](OC(=O)c2ccccc2)[C@@H](OC(=O)c2ccccc2)[C@@H]1OC(=O)c1ccccc1)c1ccccc1. The van der Waals surface area contributed by atoms with Crippen LogP contribution in [0.2, 0.25) is 0 Å². The second-order valence-corrected chi connectivity index (χ2v) is 34.2. The Hall–Kier alpha value is -13.6. The van der Waals surface area contributed by atoms with Crippen LogP contribution in [0.15, 0.2) is 394 Å². The van der Waals surface area contributed by atoms with Crippen molar-refractivity contribution in [2.24, 2.45) is 0 Å². The van der Waals surface area contributed by atoms with Gasteiger partial charge in [-0.2, -0.15) is 0 Å². The van der Waals surface area contributed by atoms with Crippen molar-refractivity contribution in [3.05, 3.63) is 467 Å². The van der Waals surface area contributed by atoms with Crippen LogP contribution >= 0.6 is 0 Å². The van der Waals surface area contributed by atoms with E-state index >= 15 is 19.2 Å². The molecule has 0 radical (unpaired) electrons. The summed E-state index contributed by atoms with van der Waals surface area (Å²) in [5.74, 6) is -3.59. The van der Waals surface area contributed by atoms with Gasteiger partial charge in [-0.05, 0) is 98.6 Å². The fourth-order valence-electron chi connectivity index (χ4n) is 17.2. The number of amides is 1. The molecule has 0 bridgehead atoms. The van der Waals surface area contributed by atoms with Crippen molar-refractivity contribution >= 4 is 30.0 Å². The van der Waals surface area contributed by atoms with Gasteiger partial charge < -0.3 is 90.0 Å². The number of hydrogen-bond donors (Lipinski definition) is 0. The van der Waals surface area contributed by atoms with Crippen molar-refractivity contribution in [2.45, 2.75) is 170 Å². The van der Waals surface area contributed by atoms with E-state index in [4.69, 9.17) is 90.0 Å². The van der Waals surface area contributed by atoms with Gasteiger partial charge in [0.25, 0.3) is 0 Å². The van der Waals surface area contributed by atoms with Gasteiger partial charge in [0, 0.05) is 0 Å². The molecule has 0 saturated carbocycles. The number of rotatable bonds is 44. The van der Waals surface area contributed by atoms with Crippen molar-refractivity contribution in [2.75, 3.05) is 33.0 Å². The highest BCUT2D eigenvalue weighted by molar-refractivity contribution is 5.92. The summed E-state index contributed by atoms with van der Waals surface area (Å²) in [4.78, 5) is 77.1. The largest absolute Gasteiger partial charge is 0.459 e. The minimum Gasteiger partial charge on any atom is -0.459 e. The average Bonchev–Trinajstić information content (AvgIpc) is 1.05. The molecule has 4 heterocycles. The van der Waals surface area contributed by atoms with Gasteiger partial charge in [-0.15, -0.1) is 0 Å². The number of carbonyl (C=O) groups excluding carboxylic acids is 5. The number of ether oxygens (including phenoxy) is 19. The Morgan fingerprint density at radius 3 is 0.829 bits per heavy atom. The monoisotopic (exact) mass is 1890 g/mol. The molecule has 25 nitrogen and oxygen atoms in total. The van der Waals surface area contributed by atoms with Gasteiger partial charge in [0.05, 0.1) is 108 Å². The van der Waals surface area contributed by atoms with Crippen LogP contribution in [0.25, 0.3) is 0 Å². The molecule has 0 N–H and O–H groups in total. The lowest BCUT2D eigenvalue weighted by molar-refractivity contribution is -0.393. The normalized spacial score (nSPS) is 23.3. The molecule has 4 aliphatic heterocycles. The van der Waals surface area contributed by atoms with Crippen LogP contribution < -0.4 is 0 Å². The number of esters is 4. The van der Waals surface area contributed by atoms with Crippen LogP contribution in [0.3, 0.4) is 0 Å². The predicted molar refractivity (Wildman–Crippen MR) is 515 cm³/mol. The van der Waals surface area contributed by atoms with Gasteiger partial charge in [0.2, 0.25) is 0 Å². The zero-order valence-electron chi connectivity index (χ0n) is 77.1. The Kier molecular flexibility index (Phi) is 35.6. The van der Waals surface area contributed by atoms with Crippen LogP contribution in [0.1, 0.15) is 91.5 Å². The van der Waals surface area contributed by atoms with Gasteiger partial charge in [-0.1, -0.05) is 346 Å². The van der Waals surface area contributed by atoms with Crippen LogP contribution in [0, 0.1) is 0 Å². The molecule has 13 aromatic carbocycles.